The number of fused-ring (bicyclic) bond motifs is 3. The predicted octanol–water partition coefficient (Wildman–Crippen LogP) is 3.23. The summed E-state index contributed by atoms with van der Waals surface area (Å²) in [4.78, 5) is 17.5. The molecule has 3 heterocycles. The van der Waals surface area contributed by atoms with Crippen LogP contribution < -0.4 is 5.32 Å². The van der Waals surface area contributed by atoms with Crippen molar-refractivity contribution in [2.24, 2.45) is 0 Å². The first-order valence-electron chi connectivity index (χ1n) is 12.6. The van der Waals surface area contributed by atoms with Crippen LogP contribution in [0, 0.1) is 0 Å². The highest BCUT2D eigenvalue weighted by molar-refractivity contribution is 7.89. The average Bonchev–Trinajstić information content (AvgIpc) is 3.26. The van der Waals surface area contributed by atoms with Gasteiger partial charge in [-0.3, -0.25) is 10.1 Å². The first-order chi connectivity index (χ1) is 19.0. The first-order valence-corrected chi connectivity index (χ1v) is 14.1. The molecule has 1 aliphatic heterocycles. The summed E-state index contributed by atoms with van der Waals surface area (Å²) in [5, 5.41) is 11.9. The molecule has 3 aromatic carbocycles. The summed E-state index contributed by atoms with van der Waals surface area (Å²) >= 11 is 0. The van der Waals surface area contributed by atoms with E-state index in [-0.39, 0.29) is 23.2 Å². The SMILES string of the molecule is O=C(Cc1ccccc1)Nc1nnc2c3cc(S(=O)(=O)N4CCOCC4)ccc3n(Cc3ccccc3)c2n1. The molecule has 0 bridgehead atoms. The number of rotatable bonds is 7. The number of carbonyl (C=O) groups excluding carboxylic acids is 1. The Bertz CT molecular complexity index is 1750. The van der Waals surface area contributed by atoms with Crippen molar-refractivity contribution < 1.29 is 17.9 Å². The number of hydrogen-bond acceptors (Lipinski definition) is 7. The van der Waals surface area contributed by atoms with Crippen LogP contribution in [0.5, 0.6) is 0 Å². The highest BCUT2D eigenvalue weighted by Crippen LogP contribution is 2.31. The van der Waals surface area contributed by atoms with E-state index in [9.17, 15) is 13.2 Å². The Hall–Kier alpha value is -4.19. The van der Waals surface area contributed by atoms with Crippen molar-refractivity contribution in [3.8, 4) is 0 Å². The smallest absolute Gasteiger partial charge is 0.251 e. The van der Waals surface area contributed by atoms with E-state index in [1.165, 1.54) is 4.31 Å². The molecule has 0 aliphatic carbocycles. The maximum atomic E-state index is 13.4. The molecule has 1 saturated heterocycles. The fourth-order valence-corrected chi connectivity index (χ4v) is 6.19. The van der Waals surface area contributed by atoms with E-state index in [1.807, 2.05) is 65.2 Å². The number of nitrogens with one attached hydrogen (secondary N) is 1. The third-order valence-electron chi connectivity index (χ3n) is 6.69. The summed E-state index contributed by atoms with van der Waals surface area (Å²) in [7, 11) is -3.71. The molecule has 0 spiro atoms. The Morgan fingerprint density at radius 1 is 0.897 bits per heavy atom. The van der Waals surface area contributed by atoms with Gasteiger partial charge in [-0.05, 0) is 29.3 Å². The highest BCUT2D eigenvalue weighted by atomic mass is 32.2. The van der Waals surface area contributed by atoms with Crippen LogP contribution >= 0.6 is 0 Å². The number of aromatic nitrogens is 4. The van der Waals surface area contributed by atoms with Gasteiger partial charge in [-0.2, -0.15) is 9.29 Å². The number of morpholine rings is 1. The maximum absolute atomic E-state index is 13.4. The molecule has 198 valence electrons. The average molecular weight is 543 g/mol. The molecule has 0 atom stereocenters. The third kappa shape index (κ3) is 5.11. The van der Waals surface area contributed by atoms with Crippen LogP contribution in [-0.4, -0.2) is 64.7 Å². The number of nitrogens with zero attached hydrogens (tertiary/aromatic N) is 5. The van der Waals surface area contributed by atoms with Crippen LogP contribution in [0.2, 0.25) is 0 Å². The van der Waals surface area contributed by atoms with E-state index < -0.39 is 10.0 Å². The van der Waals surface area contributed by atoms with Crippen molar-refractivity contribution in [1.29, 1.82) is 0 Å². The van der Waals surface area contributed by atoms with Crippen LogP contribution in [0.1, 0.15) is 11.1 Å². The predicted molar refractivity (Wildman–Crippen MR) is 147 cm³/mol. The van der Waals surface area contributed by atoms with Gasteiger partial charge in [-0.1, -0.05) is 60.7 Å². The number of anilines is 1. The Labute approximate surface area is 225 Å². The summed E-state index contributed by atoms with van der Waals surface area (Å²) in [5.74, 6) is -0.173. The number of benzene rings is 3. The molecule has 5 aromatic rings. The summed E-state index contributed by atoms with van der Waals surface area (Å²) in [6.45, 7) is 1.83. The normalized spacial score (nSPS) is 14.6. The van der Waals surface area contributed by atoms with Crippen molar-refractivity contribution in [3.05, 3.63) is 90.0 Å². The van der Waals surface area contributed by atoms with Gasteiger partial charge in [0, 0.05) is 25.0 Å². The molecule has 39 heavy (non-hydrogen) atoms. The van der Waals surface area contributed by atoms with Gasteiger partial charge >= 0.3 is 0 Å². The Morgan fingerprint density at radius 3 is 2.31 bits per heavy atom. The monoisotopic (exact) mass is 542 g/mol. The molecule has 1 amide bonds. The minimum Gasteiger partial charge on any atom is -0.379 e. The molecule has 0 radical (unpaired) electrons. The summed E-state index contributed by atoms with van der Waals surface area (Å²) < 4.78 is 35.4. The van der Waals surface area contributed by atoms with Gasteiger partial charge in [0.25, 0.3) is 5.95 Å². The molecule has 0 unspecified atom stereocenters. The number of ether oxygens (including phenoxy) is 1. The largest absolute Gasteiger partial charge is 0.379 e. The second-order valence-electron chi connectivity index (χ2n) is 9.29. The second kappa shape index (κ2) is 10.5. The lowest BCUT2D eigenvalue weighted by atomic mass is 10.1. The third-order valence-corrected chi connectivity index (χ3v) is 8.58. The van der Waals surface area contributed by atoms with Crippen LogP contribution in [0.4, 0.5) is 5.95 Å². The van der Waals surface area contributed by atoms with Gasteiger partial charge in [0.15, 0.2) is 5.65 Å². The first kappa shape index (κ1) is 25.1. The molecule has 10 nitrogen and oxygen atoms in total. The van der Waals surface area contributed by atoms with Gasteiger partial charge in [-0.25, -0.2) is 8.42 Å². The van der Waals surface area contributed by atoms with E-state index in [0.717, 1.165) is 16.6 Å². The molecular weight excluding hydrogens is 516 g/mol. The van der Waals surface area contributed by atoms with E-state index in [1.54, 1.807) is 18.2 Å². The molecule has 1 fully saturated rings. The van der Waals surface area contributed by atoms with Crippen molar-refractivity contribution in [3.63, 3.8) is 0 Å². The molecule has 0 saturated carbocycles. The second-order valence-corrected chi connectivity index (χ2v) is 11.2. The van der Waals surface area contributed by atoms with Crippen LogP contribution in [0.25, 0.3) is 22.1 Å². The van der Waals surface area contributed by atoms with Crippen molar-refractivity contribution >= 4 is 43.9 Å². The molecular formula is C28H26N6O4S. The van der Waals surface area contributed by atoms with Gasteiger partial charge in [0.1, 0.15) is 5.52 Å². The maximum Gasteiger partial charge on any atom is 0.251 e. The minimum atomic E-state index is -3.71. The fourth-order valence-electron chi connectivity index (χ4n) is 4.76. The Kier molecular flexibility index (Phi) is 6.77. The highest BCUT2D eigenvalue weighted by Gasteiger charge is 2.27. The van der Waals surface area contributed by atoms with E-state index in [2.05, 4.69) is 20.5 Å². The van der Waals surface area contributed by atoms with E-state index >= 15 is 0 Å². The topological polar surface area (TPSA) is 119 Å². The summed E-state index contributed by atoms with van der Waals surface area (Å²) in [6.07, 6.45) is 0.179. The van der Waals surface area contributed by atoms with Crippen molar-refractivity contribution in [2.75, 3.05) is 31.6 Å². The molecule has 11 heteroatoms. The molecule has 1 N–H and O–H groups in total. The number of carbonyl (C=O) groups is 1. The zero-order valence-electron chi connectivity index (χ0n) is 21.0. The van der Waals surface area contributed by atoms with E-state index in [0.29, 0.717) is 49.4 Å². The van der Waals surface area contributed by atoms with E-state index in [4.69, 9.17) is 4.74 Å². The van der Waals surface area contributed by atoms with Gasteiger partial charge in [-0.15, -0.1) is 10.2 Å². The lowest BCUT2D eigenvalue weighted by Gasteiger charge is -2.26. The standard InChI is InChI=1S/C28H26N6O4S/c35-25(17-20-7-3-1-4-8-20)29-28-30-27-26(31-32-28)23-18-22(39(36,37)33-13-15-38-16-14-33)11-12-24(23)34(27)19-21-9-5-2-6-10-21/h1-12,18H,13-17,19H2,(H,29,30,32,35). The Morgan fingerprint density at radius 2 is 1.59 bits per heavy atom. The number of sulfonamides is 1. The lowest BCUT2D eigenvalue weighted by Crippen LogP contribution is -2.40. The number of hydrogen-bond donors (Lipinski definition) is 1. The summed E-state index contributed by atoms with van der Waals surface area (Å²) in [5.41, 5.74) is 3.64. The van der Waals surface area contributed by atoms with Crippen LogP contribution in [0.3, 0.4) is 0 Å². The fraction of sp³-hybridized carbons (Fsp3) is 0.214. The zero-order valence-corrected chi connectivity index (χ0v) is 21.8. The lowest BCUT2D eigenvalue weighted by molar-refractivity contribution is -0.115. The van der Waals surface area contributed by atoms with Gasteiger partial charge < -0.3 is 9.30 Å². The minimum absolute atomic E-state index is 0.0849. The van der Waals surface area contributed by atoms with Gasteiger partial charge in [0.2, 0.25) is 15.9 Å². The molecule has 6 rings (SSSR count). The van der Waals surface area contributed by atoms with Crippen LogP contribution in [0.15, 0.2) is 83.8 Å². The summed E-state index contributed by atoms with van der Waals surface area (Å²) in [6, 6.07) is 24.3. The molecule has 2 aromatic heterocycles. The number of amides is 1. The molecule has 1 aliphatic rings. The van der Waals surface area contributed by atoms with Crippen LogP contribution in [-0.2, 0) is 32.5 Å². The van der Waals surface area contributed by atoms with Crippen molar-refractivity contribution in [1.82, 2.24) is 24.1 Å². The Balaban J connectivity index is 1.41. The quantitative estimate of drug-likeness (QED) is 0.335. The van der Waals surface area contributed by atoms with Gasteiger partial charge in [0.05, 0.1) is 30.0 Å². The zero-order chi connectivity index (χ0) is 26.8. The van der Waals surface area contributed by atoms with Crippen molar-refractivity contribution in [2.45, 2.75) is 17.9 Å².